The zero-order valence-corrected chi connectivity index (χ0v) is 19.9. The van der Waals surface area contributed by atoms with Gasteiger partial charge in [-0.05, 0) is 19.8 Å². The Hall–Kier alpha value is 0.300. The summed E-state index contributed by atoms with van der Waals surface area (Å²) in [5.74, 6) is -2.88. The Labute approximate surface area is 181 Å². The zero-order valence-electron chi connectivity index (χ0n) is 17.0. The fourth-order valence-corrected chi connectivity index (χ4v) is 2.76. The molecule has 0 amide bonds. The molecule has 0 atom stereocenters. The number of carbonyl (C=O) groups excluding carboxylic acids is 1. The third kappa shape index (κ3) is 13.5. The first kappa shape index (κ1) is 28.5. The molecule has 0 unspecified atom stereocenters. The van der Waals surface area contributed by atoms with Gasteiger partial charge in [-0.2, -0.15) is 8.42 Å². The van der Waals surface area contributed by atoms with E-state index in [0.717, 1.165) is 51.4 Å². The molecule has 0 N–H and O–H groups in total. The average Bonchev–Trinajstić information content (AvgIpc) is 2.54. The van der Waals surface area contributed by atoms with Gasteiger partial charge in [0.15, 0.2) is 0 Å². The summed E-state index contributed by atoms with van der Waals surface area (Å²) in [6, 6.07) is 0. The first-order chi connectivity index (χ1) is 11.8. The fourth-order valence-electron chi connectivity index (χ4n) is 2.09. The van der Waals surface area contributed by atoms with E-state index in [9.17, 15) is 13.2 Å². The molecular formula is C17H34NaO7S. The Balaban J connectivity index is 0. The van der Waals surface area contributed by atoms with Crippen LogP contribution in [0.25, 0.3) is 0 Å². The summed E-state index contributed by atoms with van der Waals surface area (Å²) in [5, 5.41) is 0. The van der Waals surface area contributed by atoms with Gasteiger partial charge in [0.1, 0.15) is 0 Å². The van der Waals surface area contributed by atoms with Gasteiger partial charge >= 0.3 is 16.4 Å². The minimum atomic E-state index is -4.40. The van der Waals surface area contributed by atoms with Crippen LogP contribution in [0, 0.1) is 0 Å². The van der Waals surface area contributed by atoms with Crippen LogP contribution in [0.1, 0.15) is 79.1 Å². The number of carbonyl (C=O) groups is 1. The van der Waals surface area contributed by atoms with Crippen LogP contribution >= 0.6 is 0 Å². The van der Waals surface area contributed by atoms with Crippen molar-refractivity contribution in [3.63, 3.8) is 0 Å². The van der Waals surface area contributed by atoms with Gasteiger partial charge < -0.3 is 13.7 Å². The Morgan fingerprint density at radius 3 is 1.69 bits per heavy atom. The second kappa shape index (κ2) is 16.3. The van der Waals surface area contributed by atoms with Crippen LogP contribution in [0.5, 0.6) is 0 Å². The minimum Gasteiger partial charge on any atom is -0.341 e. The molecule has 0 bridgehead atoms. The predicted octanol–water partition coefficient (Wildman–Crippen LogP) is 3.34. The largest absolute Gasteiger partial charge is 0.451 e. The van der Waals surface area contributed by atoms with Crippen LogP contribution < -0.4 is 0 Å². The van der Waals surface area contributed by atoms with Crippen molar-refractivity contribution in [3.8, 4) is 0 Å². The maximum absolute atomic E-state index is 12.3. The molecule has 1 radical (unpaired) electrons. The molecule has 26 heavy (non-hydrogen) atoms. The second-order valence-corrected chi connectivity index (χ2v) is 7.17. The summed E-state index contributed by atoms with van der Waals surface area (Å²) in [4.78, 5) is 12.3. The molecule has 0 rings (SSSR count). The van der Waals surface area contributed by atoms with E-state index in [-0.39, 0.29) is 49.4 Å². The fraction of sp³-hybridized carbons (Fsp3) is 0.941. The van der Waals surface area contributed by atoms with Crippen molar-refractivity contribution >= 4 is 45.9 Å². The summed E-state index contributed by atoms with van der Waals surface area (Å²) in [5.41, 5.74) is 0. The molecule has 7 nitrogen and oxygen atoms in total. The van der Waals surface area contributed by atoms with Gasteiger partial charge in [0.05, 0.1) is 19.8 Å². The topological polar surface area (TPSA) is 88.1 Å². The summed E-state index contributed by atoms with van der Waals surface area (Å²) in [6.07, 6.45) is 7.76. The third-order valence-corrected chi connectivity index (χ3v) is 4.44. The summed E-state index contributed by atoms with van der Waals surface area (Å²) in [7, 11) is -4.40. The van der Waals surface area contributed by atoms with E-state index < -0.39 is 22.2 Å². The molecule has 0 heterocycles. The molecule has 0 saturated carbocycles. The Morgan fingerprint density at radius 1 is 0.846 bits per heavy atom. The predicted molar refractivity (Wildman–Crippen MR) is 101 cm³/mol. The first-order valence-electron chi connectivity index (χ1n) is 9.22. The summed E-state index contributed by atoms with van der Waals surface area (Å²) < 4.78 is 43.1. The normalized spacial score (nSPS) is 11.8. The van der Waals surface area contributed by atoms with Crippen molar-refractivity contribution in [1.82, 2.24) is 0 Å². The SMILES string of the molecule is CCCCCCOC(C)(OCCCCCC)C(=O)OS(=O)(=O)OCC.[Na]. The van der Waals surface area contributed by atoms with Crippen LogP contribution in [-0.4, -0.2) is 69.6 Å². The van der Waals surface area contributed by atoms with Gasteiger partial charge in [0.25, 0.3) is 5.79 Å². The maximum atomic E-state index is 12.3. The Bertz CT molecular complexity index is 440. The van der Waals surface area contributed by atoms with Crippen LogP contribution in [0.4, 0.5) is 0 Å². The first-order valence-corrected chi connectivity index (χ1v) is 10.6. The van der Waals surface area contributed by atoms with E-state index in [0.29, 0.717) is 0 Å². The smallest absolute Gasteiger partial charge is 0.341 e. The molecule has 0 aliphatic heterocycles. The standard InChI is InChI=1S/C17H34O7S.Na/c1-5-8-10-12-14-21-17(4,22-15-13-11-9-6-2)16(18)24-25(19,20)23-7-3;/h5-15H2,1-4H3;. The van der Waals surface area contributed by atoms with Crippen molar-refractivity contribution in [2.75, 3.05) is 19.8 Å². The molecule has 9 heteroatoms. The molecule has 0 fully saturated rings. The van der Waals surface area contributed by atoms with Gasteiger partial charge in [-0.15, -0.1) is 0 Å². The summed E-state index contributed by atoms with van der Waals surface area (Å²) >= 11 is 0. The molecular weight excluding hydrogens is 371 g/mol. The molecule has 0 aliphatic carbocycles. The van der Waals surface area contributed by atoms with Crippen LogP contribution in [0.2, 0.25) is 0 Å². The zero-order chi connectivity index (χ0) is 19.2. The molecule has 0 aromatic carbocycles. The number of ether oxygens (including phenoxy) is 2. The van der Waals surface area contributed by atoms with Crippen LogP contribution in [0.15, 0.2) is 0 Å². The van der Waals surface area contributed by atoms with Crippen molar-refractivity contribution in [1.29, 1.82) is 0 Å². The molecule has 0 aliphatic rings. The number of unbranched alkanes of at least 4 members (excludes halogenated alkanes) is 6. The van der Waals surface area contributed by atoms with Crippen molar-refractivity contribution in [2.24, 2.45) is 0 Å². The number of rotatable bonds is 16. The van der Waals surface area contributed by atoms with Crippen molar-refractivity contribution in [2.45, 2.75) is 84.8 Å². The molecule has 0 aromatic heterocycles. The molecule has 0 saturated heterocycles. The van der Waals surface area contributed by atoms with Gasteiger partial charge in [-0.25, -0.2) is 8.98 Å². The maximum Gasteiger partial charge on any atom is 0.451 e. The Morgan fingerprint density at radius 2 is 1.31 bits per heavy atom. The van der Waals surface area contributed by atoms with Crippen LogP contribution in [-0.2, 0) is 33.0 Å². The monoisotopic (exact) mass is 405 g/mol. The third-order valence-electron chi connectivity index (χ3n) is 3.56. The molecule has 151 valence electrons. The molecule has 0 spiro atoms. The Kier molecular flexibility index (Phi) is 17.8. The van der Waals surface area contributed by atoms with Crippen molar-refractivity contribution in [3.05, 3.63) is 0 Å². The van der Waals surface area contributed by atoms with E-state index in [1.54, 1.807) is 0 Å². The number of hydrogen-bond donors (Lipinski definition) is 0. The summed E-state index contributed by atoms with van der Waals surface area (Å²) in [6.45, 7) is 7.52. The van der Waals surface area contributed by atoms with Gasteiger partial charge in [-0.3, -0.25) is 0 Å². The minimum absolute atomic E-state index is 0. The quantitative estimate of drug-likeness (QED) is 0.221. The van der Waals surface area contributed by atoms with Gasteiger partial charge in [0.2, 0.25) is 0 Å². The van der Waals surface area contributed by atoms with E-state index in [1.807, 2.05) is 0 Å². The van der Waals surface area contributed by atoms with Gasteiger partial charge in [-0.1, -0.05) is 52.4 Å². The second-order valence-electron chi connectivity index (χ2n) is 5.95. The van der Waals surface area contributed by atoms with Crippen molar-refractivity contribution < 1.29 is 31.1 Å². The van der Waals surface area contributed by atoms with E-state index in [2.05, 4.69) is 22.2 Å². The van der Waals surface area contributed by atoms with Gasteiger partial charge in [0, 0.05) is 36.5 Å². The molecule has 0 aromatic rings. The average molecular weight is 406 g/mol. The number of hydrogen-bond acceptors (Lipinski definition) is 7. The van der Waals surface area contributed by atoms with Crippen LogP contribution in [0.3, 0.4) is 0 Å². The van der Waals surface area contributed by atoms with E-state index in [4.69, 9.17) is 9.47 Å². The van der Waals surface area contributed by atoms with E-state index >= 15 is 0 Å². The van der Waals surface area contributed by atoms with E-state index in [1.165, 1.54) is 13.8 Å².